The molecule has 1 saturated carbocycles. The van der Waals surface area contributed by atoms with Gasteiger partial charge in [0, 0.05) is 57.4 Å². The predicted molar refractivity (Wildman–Crippen MR) is 180 cm³/mol. The topological polar surface area (TPSA) is 119 Å². The van der Waals surface area contributed by atoms with E-state index in [9.17, 15) is 24.0 Å². The summed E-state index contributed by atoms with van der Waals surface area (Å²) in [5, 5.41) is 0. The van der Waals surface area contributed by atoms with Crippen molar-refractivity contribution in [2.45, 2.75) is 0 Å². The normalized spacial score (nSPS) is 19.2. The third-order valence-corrected chi connectivity index (χ3v) is 8.74. The first-order valence-electron chi connectivity index (χ1n) is 15.3. The van der Waals surface area contributed by atoms with Crippen LogP contribution in [0.5, 0.6) is 0 Å². The zero-order valence-corrected chi connectivity index (χ0v) is 28.8. The average Bonchev–Trinajstić information content (AvgIpc) is 3.51. The van der Waals surface area contributed by atoms with E-state index < -0.39 is 77.0 Å². The van der Waals surface area contributed by atoms with Crippen molar-refractivity contribution in [1.82, 2.24) is 0 Å². The van der Waals surface area contributed by atoms with Gasteiger partial charge < -0.3 is 0 Å². The molecule has 0 saturated heterocycles. The minimum absolute atomic E-state index is 0. The molecular weight excluding hydrogens is 724 g/mol. The summed E-state index contributed by atoms with van der Waals surface area (Å²) in [6, 6.07) is 42.3. The predicted octanol–water partition coefficient (Wildman–Crippen LogP) is 7.68. The number of hydrogen-bond donors (Lipinski definition) is 0. The Balaban J connectivity index is 0.00000130. The third-order valence-electron chi connectivity index (χ3n) is 8.74. The summed E-state index contributed by atoms with van der Waals surface area (Å²) in [5.74, 6) is -8.63. The van der Waals surface area contributed by atoms with Gasteiger partial charge in [-0.15, -0.1) is 12.4 Å². The van der Waals surface area contributed by atoms with Crippen molar-refractivity contribution in [3.8, 4) is 0 Å². The number of hydrogen-bond acceptors (Lipinski definition) is 7. The van der Waals surface area contributed by atoms with Crippen LogP contribution in [-0.4, -0.2) is 28.9 Å². The fourth-order valence-corrected chi connectivity index (χ4v) is 6.72. The van der Waals surface area contributed by atoms with E-state index in [2.05, 4.69) is 0 Å². The van der Waals surface area contributed by atoms with Crippen molar-refractivity contribution in [2.24, 2.45) is 29.6 Å². The Hall–Kier alpha value is -4.97. The summed E-state index contributed by atoms with van der Waals surface area (Å²) in [5.41, 5.74) is 1.52. The van der Waals surface area contributed by atoms with Crippen LogP contribution >= 0.6 is 12.4 Å². The number of Topliss-reactive ketones (excluding diaryl/α,β-unsaturated/α-hetero) is 5. The Morgan fingerprint density at radius 1 is 0.306 bits per heavy atom. The molecule has 0 unspecified atom stereocenters. The molecule has 246 valence electrons. The van der Waals surface area contributed by atoms with Crippen LogP contribution in [0.3, 0.4) is 0 Å². The molecule has 0 aliphatic heterocycles. The van der Waals surface area contributed by atoms with Crippen LogP contribution in [0.15, 0.2) is 152 Å². The van der Waals surface area contributed by atoms with Gasteiger partial charge in [0.05, 0.1) is 0 Å². The van der Waals surface area contributed by atoms with Gasteiger partial charge in [0.2, 0.25) is 0 Å². The molecule has 0 spiro atoms. The summed E-state index contributed by atoms with van der Waals surface area (Å²) >= 11 is -2.03. The molecule has 1 aliphatic carbocycles. The van der Waals surface area contributed by atoms with E-state index in [0.29, 0.717) is 27.8 Å². The molecule has 0 aromatic heterocycles. The van der Waals surface area contributed by atoms with Gasteiger partial charge in [-0.3, -0.25) is 24.0 Å². The van der Waals surface area contributed by atoms with E-state index in [-0.39, 0.29) is 12.4 Å². The Morgan fingerprint density at radius 3 is 0.551 bits per heavy atom. The minimum atomic E-state index is -2.03. The van der Waals surface area contributed by atoms with Crippen LogP contribution < -0.4 is 0 Å². The molecule has 5 aromatic carbocycles. The van der Waals surface area contributed by atoms with E-state index in [0.717, 1.165) is 0 Å². The monoisotopic (exact) mass is 756 g/mol. The molecule has 49 heavy (non-hydrogen) atoms. The maximum atomic E-state index is 14.6. The van der Waals surface area contributed by atoms with Gasteiger partial charge in [-0.1, -0.05) is 152 Å². The van der Waals surface area contributed by atoms with Crippen LogP contribution in [0, 0.1) is 29.6 Å². The molecule has 0 N–H and O–H groups in total. The van der Waals surface area contributed by atoms with E-state index in [1.54, 1.807) is 152 Å². The zero-order valence-electron chi connectivity index (χ0n) is 26.0. The number of halogens is 1. The fourth-order valence-electron chi connectivity index (χ4n) is 6.72. The third kappa shape index (κ3) is 8.02. The molecule has 7 nitrogen and oxygen atoms in total. The molecule has 5 aromatic rings. The fraction of sp³-hybridized carbons (Fsp3) is 0.125. The summed E-state index contributed by atoms with van der Waals surface area (Å²) in [6.45, 7) is 0. The molecule has 1 fully saturated rings. The molecular formula is C40H31ClMoO7. The Bertz CT molecular complexity index is 1620. The number of carbonyl (C=O) groups is 5. The Kier molecular flexibility index (Phi) is 13.1. The molecule has 0 radical (unpaired) electrons. The van der Waals surface area contributed by atoms with Crippen LogP contribution in [0.25, 0.3) is 0 Å². The van der Waals surface area contributed by atoms with E-state index in [1.807, 2.05) is 0 Å². The molecule has 0 heterocycles. The second-order valence-corrected chi connectivity index (χ2v) is 11.7. The summed E-state index contributed by atoms with van der Waals surface area (Å²) in [4.78, 5) is 73.1. The first-order valence-corrected chi connectivity index (χ1v) is 16.9. The molecule has 6 rings (SSSR count). The van der Waals surface area contributed by atoms with Crippen LogP contribution in [0.4, 0.5) is 0 Å². The molecule has 0 atom stereocenters. The first kappa shape index (κ1) is 36.9. The van der Waals surface area contributed by atoms with Gasteiger partial charge in [0.1, 0.15) is 0 Å². The van der Waals surface area contributed by atoms with Gasteiger partial charge in [-0.2, -0.15) is 0 Å². The van der Waals surface area contributed by atoms with Crippen LogP contribution in [0.2, 0.25) is 0 Å². The Labute approximate surface area is 298 Å². The first-order chi connectivity index (χ1) is 23.4. The van der Waals surface area contributed by atoms with Crippen LogP contribution in [-0.2, 0) is 25.3 Å². The number of rotatable bonds is 10. The number of ketones is 5. The quantitative estimate of drug-likeness (QED) is 0.106. The van der Waals surface area contributed by atoms with Crippen molar-refractivity contribution in [1.29, 1.82) is 0 Å². The summed E-state index contributed by atoms with van der Waals surface area (Å²) in [6.07, 6.45) is 0. The molecule has 0 bridgehead atoms. The van der Waals surface area contributed by atoms with Crippen molar-refractivity contribution < 1.29 is 49.3 Å². The Morgan fingerprint density at radius 2 is 0.429 bits per heavy atom. The SMILES string of the molecule is Cl.O=C(c1ccccc1)C1C(C(=O)c2ccccc2)C(C(=O)c2ccccc2)C(C(=O)c2ccccc2)C1C(=O)c1ccccc1.[O]=[Mo]=[O]. The van der Waals surface area contributed by atoms with Crippen molar-refractivity contribution in [3.05, 3.63) is 179 Å². The van der Waals surface area contributed by atoms with Crippen molar-refractivity contribution in [2.75, 3.05) is 0 Å². The number of benzene rings is 5. The number of carbonyl (C=O) groups excluding carboxylic acids is 5. The van der Waals surface area contributed by atoms with Gasteiger partial charge in [-0.25, -0.2) is 0 Å². The van der Waals surface area contributed by atoms with Gasteiger partial charge >= 0.3 is 25.3 Å². The van der Waals surface area contributed by atoms with E-state index >= 15 is 0 Å². The van der Waals surface area contributed by atoms with Crippen molar-refractivity contribution >= 4 is 41.3 Å². The second-order valence-electron chi connectivity index (χ2n) is 11.3. The van der Waals surface area contributed by atoms with Gasteiger partial charge in [0.25, 0.3) is 0 Å². The van der Waals surface area contributed by atoms with E-state index in [4.69, 9.17) is 6.80 Å². The van der Waals surface area contributed by atoms with Gasteiger partial charge in [0.15, 0.2) is 28.9 Å². The zero-order chi connectivity index (χ0) is 34.0. The van der Waals surface area contributed by atoms with Crippen LogP contribution in [0.1, 0.15) is 51.8 Å². The summed E-state index contributed by atoms with van der Waals surface area (Å²) < 4.78 is 17.0. The standard InChI is InChI=1S/C40H30O5.ClH.Mo.2O/c41-36(26-16-6-1-7-17-26)31-32(37(42)27-18-8-2-9-19-27)34(39(44)29-22-12-4-13-23-29)35(40(45)30-24-14-5-15-25-30)33(31)38(43)28-20-10-3-11-21-28;;;;/h1-25,31-35H;1H;;;. The maximum absolute atomic E-state index is 14.6. The average molecular weight is 755 g/mol. The second kappa shape index (κ2) is 17.4. The molecule has 9 heteroatoms. The van der Waals surface area contributed by atoms with E-state index in [1.165, 1.54) is 0 Å². The summed E-state index contributed by atoms with van der Waals surface area (Å²) in [7, 11) is 0. The molecule has 0 amide bonds. The van der Waals surface area contributed by atoms with Crippen molar-refractivity contribution in [3.63, 3.8) is 0 Å². The molecule has 1 aliphatic rings. The van der Waals surface area contributed by atoms with Gasteiger partial charge in [-0.05, 0) is 0 Å².